The highest BCUT2D eigenvalue weighted by Gasteiger charge is 2.03. The molecule has 6 heteroatoms. The highest BCUT2D eigenvalue weighted by atomic mass is 19.1. The van der Waals surface area contributed by atoms with Gasteiger partial charge in [0.25, 0.3) is 0 Å². The predicted octanol–water partition coefficient (Wildman–Crippen LogP) is 3.95. The molecule has 0 aromatic heterocycles. The molecule has 0 saturated heterocycles. The Kier molecular flexibility index (Phi) is 4.14. The van der Waals surface area contributed by atoms with Crippen molar-refractivity contribution in [3.8, 4) is 0 Å². The monoisotopic (exact) mass is 276 g/mol. The standard InChI is InChI=1S/C14H10F2N2O2/c15-11-5-6-13(12(16)7-11)18-17-8-9-1-3-10(4-2-9)14(19)20/h1-7H,8H2,(H,19,20). The molecule has 4 nitrogen and oxygen atoms in total. The molecule has 0 saturated carbocycles. The van der Waals surface area contributed by atoms with Gasteiger partial charge in [0.2, 0.25) is 0 Å². The molecule has 20 heavy (non-hydrogen) atoms. The SMILES string of the molecule is O=C(O)c1ccc(CN=Nc2ccc(F)cc2F)cc1. The van der Waals surface area contributed by atoms with E-state index in [1.165, 1.54) is 18.2 Å². The first-order chi connectivity index (χ1) is 9.56. The minimum Gasteiger partial charge on any atom is -0.478 e. The summed E-state index contributed by atoms with van der Waals surface area (Å²) in [6.45, 7) is 0.177. The first-order valence-electron chi connectivity index (χ1n) is 5.71. The van der Waals surface area contributed by atoms with Crippen LogP contribution in [0.4, 0.5) is 14.5 Å². The second kappa shape index (κ2) is 6.01. The highest BCUT2D eigenvalue weighted by molar-refractivity contribution is 5.87. The molecule has 0 radical (unpaired) electrons. The van der Waals surface area contributed by atoms with E-state index >= 15 is 0 Å². The normalized spacial score (nSPS) is 10.9. The van der Waals surface area contributed by atoms with Crippen LogP contribution in [0.2, 0.25) is 0 Å². The van der Waals surface area contributed by atoms with Gasteiger partial charge in [-0.05, 0) is 29.8 Å². The summed E-state index contributed by atoms with van der Waals surface area (Å²) in [6.07, 6.45) is 0. The maximum absolute atomic E-state index is 13.3. The van der Waals surface area contributed by atoms with Crippen molar-refractivity contribution >= 4 is 11.7 Å². The van der Waals surface area contributed by atoms with Gasteiger partial charge in [0, 0.05) is 6.07 Å². The number of carboxylic acids is 1. The van der Waals surface area contributed by atoms with Crippen molar-refractivity contribution in [1.82, 2.24) is 0 Å². The summed E-state index contributed by atoms with van der Waals surface area (Å²) in [4.78, 5) is 10.7. The molecule has 0 heterocycles. The minimum absolute atomic E-state index is 0.0476. The summed E-state index contributed by atoms with van der Waals surface area (Å²) in [5.74, 6) is -2.47. The van der Waals surface area contributed by atoms with Crippen molar-refractivity contribution in [1.29, 1.82) is 0 Å². The van der Waals surface area contributed by atoms with Crippen LogP contribution in [0.3, 0.4) is 0 Å². The van der Waals surface area contributed by atoms with Gasteiger partial charge in [-0.15, -0.1) is 0 Å². The number of hydrogen-bond donors (Lipinski definition) is 1. The molecule has 2 aromatic rings. The van der Waals surface area contributed by atoms with Crippen molar-refractivity contribution in [2.75, 3.05) is 0 Å². The Balaban J connectivity index is 2.04. The summed E-state index contributed by atoms with van der Waals surface area (Å²) >= 11 is 0. The van der Waals surface area contributed by atoms with E-state index in [2.05, 4.69) is 10.2 Å². The highest BCUT2D eigenvalue weighted by Crippen LogP contribution is 2.19. The van der Waals surface area contributed by atoms with Crippen LogP contribution in [-0.2, 0) is 6.54 Å². The number of carboxylic acid groups (broad SMARTS) is 1. The summed E-state index contributed by atoms with van der Waals surface area (Å²) in [6, 6.07) is 9.13. The molecule has 2 aromatic carbocycles. The molecule has 0 amide bonds. The predicted molar refractivity (Wildman–Crippen MR) is 68.0 cm³/mol. The topological polar surface area (TPSA) is 62.0 Å². The van der Waals surface area contributed by atoms with Gasteiger partial charge in [-0.2, -0.15) is 10.2 Å². The number of benzene rings is 2. The molecule has 2 rings (SSSR count). The lowest BCUT2D eigenvalue weighted by Gasteiger charge is -1.98. The lowest BCUT2D eigenvalue weighted by molar-refractivity contribution is 0.0697. The Morgan fingerprint density at radius 2 is 1.80 bits per heavy atom. The number of nitrogens with zero attached hydrogens (tertiary/aromatic N) is 2. The van der Waals surface area contributed by atoms with Gasteiger partial charge in [-0.3, -0.25) is 0 Å². The first kappa shape index (κ1) is 13.8. The molecule has 1 N–H and O–H groups in total. The summed E-state index contributed by atoms with van der Waals surface area (Å²) in [5.41, 5.74) is 0.866. The van der Waals surface area contributed by atoms with Crippen LogP contribution in [0.15, 0.2) is 52.7 Å². The lowest BCUT2D eigenvalue weighted by atomic mass is 10.1. The lowest BCUT2D eigenvalue weighted by Crippen LogP contribution is -1.95. The zero-order valence-corrected chi connectivity index (χ0v) is 10.3. The second-order valence-corrected chi connectivity index (χ2v) is 4.00. The van der Waals surface area contributed by atoms with Gasteiger partial charge in [0.1, 0.15) is 11.5 Å². The van der Waals surface area contributed by atoms with Crippen molar-refractivity contribution < 1.29 is 18.7 Å². The third-order valence-corrected chi connectivity index (χ3v) is 2.54. The number of rotatable bonds is 4. The molecule has 0 fully saturated rings. The van der Waals surface area contributed by atoms with Crippen LogP contribution in [-0.4, -0.2) is 11.1 Å². The first-order valence-corrected chi connectivity index (χ1v) is 5.71. The quantitative estimate of drug-likeness (QED) is 0.859. The Morgan fingerprint density at radius 1 is 1.10 bits per heavy atom. The van der Waals surface area contributed by atoms with Crippen molar-refractivity contribution in [2.45, 2.75) is 6.54 Å². The van der Waals surface area contributed by atoms with E-state index in [4.69, 9.17) is 5.11 Å². The van der Waals surface area contributed by atoms with Crippen LogP contribution < -0.4 is 0 Å². The summed E-state index contributed by atoms with van der Waals surface area (Å²) in [5, 5.41) is 16.2. The van der Waals surface area contributed by atoms with E-state index in [1.807, 2.05) is 0 Å². The number of hydrogen-bond acceptors (Lipinski definition) is 3. The molecule has 0 bridgehead atoms. The van der Waals surface area contributed by atoms with E-state index in [0.717, 1.165) is 17.7 Å². The third kappa shape index (κ3) is 3.44. The van der Waals surface area contributed by atoms with Crippen molar-refractivity contribution in [3.05, 3.63) is 65.2 Å². The van der Waals surface area contributed by atoms with Gasteiger partial charge in [-0.1, -0.05) is 12.1 Å². The Bertz CT molecular complexity index is 655. The molecule has 102 valence electrons. The van der Waals surface area contributed by atoms with E-state index in [9.17, 15) is 13.6 Å². The number of carbonyl (C=O) groups is 1. The van der Waals surface area contributed by atoms with E-state index < -0.39 is 17.6 Å². The van der Waals surface area contributed by atoms with Crippen molar-refractivity contribution in [3.63, 3.8) is 0 Å². The van der Waals surface area contributed by atoms with Crippen LogP contribution in [0.5, 0.6) is 0 Å². The fraction of sp³-hybridized carbons (Fsp3) is 0.0714. The third-order valence-electron chi connectivity index (χ3n) is 2.54. The maximum atomic E-state index is 13.3. The largest absolute Gasteiger partial charge is 0.478 e. The Labute approximate surface area is 113 Å². The van der Waals surface area contributed by atoms with Gasteiger partial charge in [0.05, 0.1) is 12.1 Å². The van der Waals surface area contributed by atoms with Crippen LogP contribution >= 0.6 is 0 Å². The molecular formula is C14H10F2N2O2. The zero-order chi connectivity index (χ0) is 14.5. The van der Waals surface area contributed by atoms with Crippen LogP contribution in [0.25, 0.3) is 0 Å². The molecule has 0 unspecified atom stereocenters. The second-order valence-electron chi connectivity index (χ2n) is 4.00. The van der Waals surface area contributed by atoms with Crippen LogP contribution in [0.1, 0.15) is 15.9 Å². The average Bonchev–Trinajstić information content (AvgIpc) is 2.42. The van der Waals surface area contributed by atoms with Gasteiger partial charge >= 0.3 is 5.97 Å². The number of halogens is 2. The molecule has 0 aliphatic carbocycles. The van der Waals surface area contributed by atoms with Gasteiger partial charge < -0.3 is 5.11 Å². The average molecular weight is 276 g/mol. The molecular weight excluding hydrogens is 266 g/mol. The molecule has 0 aliphatic rings. The van der Waals surface area contributed by atoms with Gasteiger partial charge in [-0.25, -0.2) is 13.6 Å². The zero-order valence-electron chi connectivity index (χ0n) is 10.3. The van der Waals surface area contributed by atoms with Crippen molar-refractivity contribution in [2.24, 2.45) is 10.2 Å². The van der Waals surface area contributed by atoms with Gasteiger partial charge in [0.15, 0.2) is 5.82 Å². The summed E-state index contributed by atoms with van der Waals surface area (Å²) < 4.78 is 25.9. The minimum atomic E-state index is -1.01. The molecule has 0 aliphatic heterocycles. The summed E-state index contributed by atoms with van der Waals surface area (Å²) in [7, 11) is 0. The fourth-order valence-electron chi connectivity index (χ4n) is 1.51. The molecule has 0 spiro atoms. The Morgan fingerprint density at radius 3 is 2.40 bits per heavy atom. The maximum Gasteiger partial charge on any atom is 0.335 e. The van der Waals surface area contributed by atoms with E-state index in [0.29, 0.717) is 0 Å². The number of azo groups is 1. The van der Waals surface area contributed by atoms with Crippen LogP contribution in [0, 0.1) is 11.6 Å². The van der Waals surface area contributed by atoms with E-state index in [-0.39, 0.29) is 17.8 Å². The smallest absolute Gasteiger partial charge is 0.335 e. The fourth-order valence-corrected chi connectivity index (χ4v) is 1.51. The Hall–Kier alpha value is -2.63. The van der Waals surface area contributed by atoms with E-state index in [1.54, 1.807) is 12.1 Å². The molecule has 0 atom stereocenters. The number of aromatic carboxylic acids is 1.